The summed E-state index contributed by atoms with van der Waals surface area (Å²) in [6.45, 7) is 3.96. The minimum absolute atomic E-state index is 0.181. The molecule has 0 aliphatic carbocycles. The van der Waals surface area contributed by atoms with Crippen LogP contribution < -0.4 is 16.0 Å². The number of thioether (sulfide) groups is 1. The van der Waals surface area contributed by atoms with E-state index in [1.54, 1.807) is 6.07 Å². The first-order valence-electron chi connectivity index (χ1n) is 10.1. The van der Waals surface area contributed by atoms with E-state index in [0.29, 0.717) is 11.4 Å². The van der Waals surface area contributed by atoms with Gasteiger partial charge in [-0.05, 0) is 79.6 Å². The number of carbonyl (C=O) groups excluding carboxylic acids is 2. The van der Waals surface area contributed by atoms with Crippen LogP contribution in [0.3, 0.4) is 0 Å². The Morgan fingerprint density at radius 2 is 1.55 bits per heavy atom. The van der Waals surface area contributed by atoms with Crippen molar-refractivity contribution in [3.8, 4) is 0 Å². The van der Waals surface area contributed by atoms with Gasteiger partial charge in [-0.1, -0.05) is 17.8 Å². The van der Waals surface area contributed by atoms with Gasteiger partial charge in [0.2, 0.25) is 5.91 Å². The van der Waals surface area contributed by atoms with Crippen molar-refractivity contribution in [2.45, 2.75) is 18.2 Å². The van der Waals surface area contributed by atoms with Crippen LogP contribution in [0.2, 0.25) is 0 Å². The zero-order valence-electron chi connectivity index (χ0n) is 17.9. The van der Waals surface area contributed by atoms with E-state index >= 15 is 0 Å². The highest BCUT2D eigenvalue weighted by atomic mass is 32.2. The first-order valence-corrected chi connectivity index (χ1v) is 11.9. The third-order valence-corrected chi connectivity index (χ3v) is 6.72. The molecule has 4 rings (SSSR count). The van der Waals surface area contributed by atoms with Crippen LogP contribution >= 0.6 is 23.1 Å². The number of amides is 3. The summed E-state index contributed by atoms with van der Waals surface area (Å²) in [4.78, 5) is 29.1. The number of aromatic nitrogens is 1. The zero-order chi connectivity index (χ0) is 23.4. The highest BCUT2D eigenvalue weighted by molar-refractivity contribution is 8.01. The number of urea groups is 1. The van der Waals surface area contributed by atoms with Gasteiger partial charge >= 0.3 is 6.03 Å². The quantitative estimate of drug-likeness (QED) is 0.278. The molecule has 6 nitrogen and oxygen atoms in total. The molecule has 0 aliphatic heterocycles. The molecule has 3 amide bonds. The number of anilines is 3. The highest BCUT2D eigenvalue weighted by Gasteiger charge is 2.10. The van der Waals surface area contributed by atoms with Crippen molar-refractivity contribution >= 4 is 62.3 Å². The van der Waals surface area contributed by atoms with Crippen LogP contribution in [0.1, 0.15) is 11.1 Å². The second-order valence-corrected chi connectivity index (χ2v) is 9.71. The minimum Gasteiger partial charge on any atom is -0.325 e. The second-order valence-electron chi connectivity index (χ2n) is 7.46. The smallest absolute Gasteiger partial charge is 0.323 e. The number of benzene rings is 3. The van der Waals surface area contributed by atoms with Crippen LogP contribution in [-0.4, -0.2) is 22.7 Å². The number of carbonyl (C=O) groups is 2. The predicted molar refractivity (Wildman–Crippen MR) is 134 cm³/mol. The molecule has 9 heteroatoms. The number of aryl methyl sites for hydroxylation is 2. The Kier molecular flexibility index (Phi) is 6.90. The van der Waals surface area contributed by atoms with Crippen LogP contribution in [0.15, 0.2) is 65.0 Å². The zero-order valence-corrected chi connectivity index (χ0v) is 19.6. The number of nitrogens with zero attached hydrogens (tertiary/aromatic N) is 1. The summed E-state index contributed by atoms with van der Waals surface area (Å²) >= 11 is 2.77. The van der Waals surface area contributed by atoms with Gasteiger partial charge in [-0.3, -0.25) is 4.79 Å². The van der Waals surface area contributed by atoms with Gasteiger partial charge in [-0.2, -0.15) is 0 Å². The summed E-state index contributed by atoms with van der Waals surface area (Å²) in [5, 5.41) is 8.42. The molecule has 168 valence electrons. The molecule has 4 aromatic rings. The van der Waals surface area contributed by atoms with E-state index < -0.39 is 0 Å². The number of rotatable bonds is 6. The average Bonchev–Trinajstić information content (AvgIpc) is 3.15. The van der Waals surface area contributed by atoms with E-state index in [1.807, 2.05) is 44.2 Å². The maximum Gasteiger partial charge on any atom is 0.323 e. The first kappa shape index (κ1) is 22.8. The molecule has 0 atom stereocenters. The fraction of sp³-hybridized carbons (Fsp3) is 0.125. The van der Waals surface area contributed by atoms with Gasteiger partial charge in [-0.25, -0.2) is 14.2 Å². The predicted octanol–water partition coefficient (Wildman–Crippen LogP) is 6.43. The Hall–Kier alpha value is -3.43. The Bertz CT molecular complexity index is 1300. The normalized spacial score (nSPS) is 10.8. The van der Waals surface area contributed by atoms with E-state index in [0.717, 1.165) is 31.4 Å². The molecule has 1 heterocycles. The molecule has 1 aromatic heterocycles. The standard InChI is InChI=1S/C24H21FN4O2S2/c1-14-9-15(2)11-19(10-14)28-23(31)27-18-7-8-20-21(12-18)33-24(29-20)32-13-22(30)26-17-5-3-16(25)4-6-17/h3-12H,13H2,1-2H3,(H,26,30)(H2,27,28,31). The SMILES string of the molecule is Cc1cc(C)cc(NC(=O)Nc2ccc3nc(SCC(=O)Nc4ccc(F)cc4)sc3c2)c1. The number of fused-ring (bicyclic) bond motifs is 1. The fourth-order valence-electron chi connectivity index (χ4n) is 3.24. The minimum atomic E-state index is -0.353. The Morgan fingerprint density at radius 1 is 0.879 bits per heavy atom. The van der Waals surface area contributed by atoms with Gasteiger partial charge in [0, 0.05) is 17.1 Å². The summed E-state index contributed by atoms with van der Waals surface area (Å²) in [6, 6.07) is 16.6. The second kappa shape index (κ2) is 10.0. The fourth-order valence-corrected chi connectivity index (χ4v) is 5.15. The largest absolute Gasteiger partial charge is 0.325 e. The van der Waals surface area contributed by atoms with Crippen molar-refractivity contribution in [3.05, 3.63) is 77.6 Å². The molecule has 3 aromatic carbocycles. The molecular formula is C24H21FN4O2S2. The Balaban J connectivity index is 1.35. The molecule has 0 radical (unpaired) electrons. The van der Waals surface area contributed by atoms with Crippen molar-refractivity contribution < 1.29 is 14.0 Å². The number of hydrogen-bond acceptors (Lipinski definition) is 5. The van der Waals surface area contributed by atoms with Crippen molar-refractivity contribution in [3.63, 3.8) is 0 Å². The summed E-state index contributed by atoms with van der Waals surface area (Å²) in [5.74, 6) is -0.370. The molecule has 0 saturated heterocycles. The maximum absolute atomic E-state index is 13.0. The lowest BCUT2D eigenvalue weighted by Gasteiger charge is -2.09. The molecule has 0 aliphatic rings. The van der Waals surface area contributed by atoms with Crippen LogP contribution in [-0.2, 0) is 4.79 Å². The summed E-state index contributed by atoms with van der Waals surface area (Å²) in [6.07, 6.45) is 0. The summed E-state index contributed by atoms with van der Waals surface area (Å²) < 4.78 is 14.6. The van der Waals surface area contributed by atoms with E-state index in [1.165, 1.54) is 47.4 Å². The van der Waals surface area contributed by atoms with Gasteiger partial charge in [0.15, 0.2) is 4.34 Å². The first-order chi connectivity index (χ1) is 15.8. The van der Waals surface area contributed by atoms with E-state index in [4.69, 9.17) is 0 Å². The average molecular weight is 481 g/mol. The maximum atomic E-state index is 13.0. The van der Waals surface area contributed by atoms with E-state index in [-0.39, 0.29) is 23.5 Å². The number of nitrogens with one attached hydrogen (secondary N) is 3. The van der Waals surface area contributed by atoms with Crippen LogP contribution in [0, 0.1) is 19.7 Å². The van der Waals surface area contributed by atoms with Gasteiger partial charge in [-0.15, -0.1) is 11.3 Å². The van der Waals surface area contributed by atoms with Crippen molar-refractivity contribution in [1.29, 1.82) is 0 Å². The van der Waals surface area contributed by atoms with Crippen molar-refractivity contribution in [2.24, 2.45) is 0 Å². The third kappa shape index (κ3) is 6.30. The number of hydrogen-bond donors (Lipinski definition) is 3. The van der Waals surface area contributed by atoms with Gasteiger partial charge in [0.1, 0.15) is 5.82 Å². The van der Waals surface area contributed by atoms with Crippen LogP contribution in [0.5, 0.6) is 0 Å². The monoisotopic (exact) mass is 480 g/mol. The number of thiazole rings is 1. The molecule has 0 bridgehead atoms. The molecular weight excluding hydrogens is 459 g/mol. The third-order valence-electron chi connectivity index (χ3n) is 4.56. The van der Waals surface area contributed by atoms with Crippen molar-refractivity contribution in [1.82, 2.24) is 4.98 Å². The van der Waals surface area contributed by atoms with Crippen LogP contribution in [0.4, 0.5) is 26.2 Å². The van der Waals surface area contributed by atoms with Crippen LogP contribution in [0.25, 0.3) is 10.2 Å². The molecule has 0 unspecified atom stereocenters. The van der Waals surface area contributed by atoms with Crippen molar-refractivity contribution in [2.75, 3.05) is 21.7 Å². The Morgan fingerprint density at radius 3 is 2.27 bits per heavy atom. The van der Waals surface area contributed by atoms with Gasteiger partial charge in [0.25, 0.3) is 0 Å². The number of halogens is 1. The molecule has 0 spiro atoms. The molecule has 3 N–H and O–H groups in total. The van der Waals surface area contributed by atoms with E-state index in [9.17, 15) is 14.0 Å². The lowest BCUT2D eigenvalue weighted by Crippen LogP contribution is -2.19. The van der Waals surface area contributed by atoms with Gasteiger partial charge in [0.05, 0.1) is 16.0 Å². The Labute approximate surface area is 198 Å². The summed E-state index contributed by atoms with van der Waals surface area (Å²) in [5.41, 5.74) is 4.88. The van der Waals surface area contributed by atoms with E-state index in [2.05, 4.69) is 20.9 Å². The molecule has 0 saturated carbocycles. The molecule has 0 fully saturated rings. The molecule has 33 heavy (non-hydrogen) atoms. The topological polar surface area (TPSA) is 83.1 Å². The summed E-state index contributed by atoms with van der Waals surface area (Å²) in [7, 11) is 0. The lowest BCUT2D eigenvalue weighted by molar-refractivity contribution is -0.113. The highest BCUT2D eigenvalue weighted by Crippen LogP contribution is 2.31. The van der Waals surface area contributed by atoms with Gasteiger partial charge < -0.3 is 16.0 Å². The lowest BCUT2D eigenvalue weighted by atomic mass is 10.1.